The molecule has 0 spiro atoms. The molecule has 2 aliphatic heterocycles. The molecule has 178 valence electrons. The van der Waals surface area contributed by atoms with E-state index in [4.69, 9.17) is 0 Å². The van der Waals surface area contributed by atoms with Crippen LogP contribution < -0.4 is 9.21 Å². The van der Waals surface area contributed by atoms with Crippen molar-refractivity contribution in [1.82, 2.24) is 4.90 Å². The van der Waals surface area contributed by atoms with E-state index in [0.29, 0.717) is 13.0 Å². The smallest absolute Gasteiger partial charge is 0.268 e. The third-order valence-electron chi connectivity index (χ3n) is 6.72. The topological polar surface area (TPSA) is 60.9 Å². The van der Waals surface area contributed by atoms with Crippen LogP contribution in [0, 0.1) is 0 Å². The average molecular weight is 496 g/mol. The molecule has 1 fully saturated rings. The van der Waals surface area contributed by atoms with E-state index in [1.807, 2.05) is 46.7 Å². The van der Waals surface area contributed by atoms with E-state index in [-0.39, 0.29) is 11.9 Å². The highest BCUT2D eigenvalue weighted by Crippen LogP contribution is 2.35. The second kappa shape index (κ2) is 9.52. The molecule has 0 aliphatic carbocycles. The Kier molecular flexibility index (Phi) is 6.46. The molecule has 8 heteroatoms. The van der Waals surface area contributed by atoms with Crippen LogP contribution >= 0.6 is 11.3 Å². The molecule has 3 aromatic rings. The van der Waals surface area contributed by atoms with Crippen LogP contribution in [0.5, 0.6) is 0 Å². The summed E-state index contributed by atoms with van der Waals surface area (Å²) >= 11 is 1.46. The van der Waals surface area contributed by atoms with Gasteiger partial charge in [-0.15, -0.1) is 11.3 Å². The largest absolute Gasteiger partial charge is 0.305 e. The van der Waals surface area contributed by atoms with Crippen molar-refractivity contribution in [2.75, 3.05) is 35.1 Å². The second-order valence-electron chi connectivity index (χ2n) is 9.04. The number of sulfonamides is 1. The molecule has 1 amide bonds. The lowest BCUT2D eigenvalue weighted by Gasteiger charge is -2.38. The molecule has 3 heterocycles. The number of amides is 1. The first-order chi connectivity index (χ1) is 16.4. The summed E-state index contributed by atoms with van der Waals surface area (Å²) in [6.07, 6.45) is 3.70. The van der Waals surface area contributed by atoms with E-state index in [2.05, 4.69) is 29.2 Å². The fourth-order valence-corrected chi connectivity index (χ4v) is 6.66. The zero-order valence-corrected chi connectivity index (χ0v) is 20.9. The van der Waals surface area contributed by atoms with Gasteiger partial charge in [0.15, 0.2) is 0 Å². The van der Waals surface area contributed by atoms with Crippen LogP contribution in [-0.4, -0.2) is 51.2 Å². The molecular formula is C26H29N3O3S2. The van der Waals surface area contributed by atoms with Crippen molar-refractivity contribution in [2.45, 2.75) is 31.8 Å². The minimum Gasteiger partial charge on any atom is -0.305 e. The van der Waals surface area contributed by atoms with Gasteiger partial charge in [0.05, 0.1) is 16.8 Å². The number of nitrogens with zero attached hydrogens (tertiary/aromatic N) is 3. The van der Waals surface area contributed by atoms with Crippen LogP contribution in [0.2, 0.25) is 0 Å². The number of fused-ring (bicyclic) bond motifs is 1. The Bertz CT molecular complexity index is 1250. The lowest BCUT2D eigenvalue weighted by Crippen LogP contribution is -2.47. The fourth-order valence-electron chi connectivity index (χ4n) is 5.04. The maximum absolute atomic E-state index is 13.6. The van der Waals surface area contributed by atoms with Gasteiger partial charge in [0.1, 0.15) is 0 Å². The summed E-state index contributed by atoms with van der Waals surface area (Å²) in [6.45, 7) is 3.24. The first-order valence-corrected chi connectivity index (χ1v) is 14.4. The number of carbonyl (C=O) groups excluding carboxylic acids is 1. The van der Waals surface area contributed by atoms with Gasteiger partial charge in [-0.2, -0.15) is 0 Å². The summed E-state index contributed by atoms with van der Waals surface area (Å²) in [5, 5.41) is 1.93. The van der Waals surface area contributed by atoms with Crippen LogP contribution in [0.3, 0.4) is 0 Å². The van der Waals surface area contributed by atoms with Crippen molar-refractivity contribution >= 4 is 38.6 Å². The maximum Gasteiger partial charge on any atom is 0.268 e. The molecular weight excluding hydrogens is 466 g/mol. The van der Waals surface area contributed by atoms with Gasteiger partial charge in [-0.3, -0.25) is 14.0 Å². The molecule has 2 aliphatic rings. The van der Waals surface area contributed by atoms with Gasteiger partial charge >= 0.3 is 0 Å². The number of piperidine rings is 1. The highest BCUT2D eigenvalue weighted by Gasteiger charge is 2.32. The van der Waals surface area contributed by atoms with E-state index in [1.165, 1.54) is 27.5 Å². The number of hydrogen-bond donors (Lipinski definition) is 0. The van der Waals surface area contributed by atoms with Crippen molar-refractivity contribution < 1.29 is 13.2 Å². The molecule has 0 bridgehead atoms. The Morgan fingerprint density at radius 3 is 2.47 bits per heavy atom. The molecule has 1 aromatic heterocycles. The predicted octanol–water partition coefficient (Wildman–Crippen LogP) is 4.38. The van der Waals surface area contributed by atoms with Crippen molar-refractivity contribution in [3.8, 4) is 0 Å². The summed E-state index contributed by atoms with van der Waals surface area (Å²) in [4.78, 5) is 18.7. The number of thiophene rings is 1. The highest BCUT2D eigenvalue weighted by molar-refractivity contribution is 7.92. The summed E-state index contributed by atoms with van der Waals surface area (Å²) in [7, 11) is -3.30. The minimum absolute atomic E-state index is 0.0226. The van der Waals surface area contributed by atoms with E-state index in [0.717, 1.165) is 54.3 Å². The minimum atomic E-state index is -3.30. The van der Waals surface area contributed by atoms with Crippen LogP contribution in [0.1, 0.15) is 33.6 Å². The van der Waals surface area contributed by atoms with Gasteiger partial charge in [0.2, 0.25) is 10.0 Å². The number of likely N-dealkylation sites (tertiary alicyclic amines) is 1. The zero-order valence-electron chi connectivity index (χ0n) is 19.3. The monoisotopic (exact) mass is 495 g/mol. The number of anilines is 2. The second-order valence-corrected chi connectivity index (χ2v) is 11.9. The van der Waals surface area contributed by atoms with Crippen molar-refractivity contribution in [3.63, 3.8) is 0 Å². The number of benzene rings is 2. The van der Waals surface area contributed by atoms with E-state index in [9.17, 15) is 13.2 Å². The number of rotatable bonds is 6. The first-order valence-electron chi connectivity index (χ1n) is 11.6. The Labute approximate surface area is 205 Å². The first kappa shape index (κ1) is 23.1. The van der Waals surface area contributed by atoms with E-state index in [1.54, 1.807) is 0 Å². The Morgan fingerprint density at radius 2 is 1.79 bits per heavy atom. The van der Waals surface area contributed by atoms with Crippen molar-refractivity contribution in [2.24, 2.45) is 0 Å². The molecule has 0 N–H and O–H groups in total. The average Bonchev–Trinajstić information content (AvgIpc) is 3.51. The van der Waals surface area contributed by atoms with Gasteiger partial charge in [-0.25, -0.2) is 8.42 Å². The van der Waals surface area contributed by atoms with Crippen LogP contribution in [0.25, 0.3) is 0 Å². The standard InChI is InChI=1S/C26H29N3O3S2/c1-34(31,32)28-16-11-21-18-23(9-10-24(21)28)29(26(30)25-8-5-17-33-25)22-12-14-27(15-13-22)19-20-6-3-2-4-7-20/h2-10,17-18,22H,11-16,19H2,1H3. The van der Waals surface area contributed by atoms with Gasteiger partial charge in [-0.1, -0.05) is 36.4 Å². The highest BCUT2D eigenvalue weighted by atomic mass is 32.2. The molecule has 0 radical (unpaired) electrons. The summed E-state index contributed by atoms with van der Waals surface area (Å²) in [5.74, 6) is 0.0226. The van der Waals surface area contributed by atoms with E-state index >= 15 is 0 Å². The number of carbonyl (C=O) groups is 1. The van der Waals surface area contributed by atoms with Gasteiger partial charge < -0.3 is 4.90 Å². The van der Waals surface area contributed by atoms with Gasteiger partial charge in [-0.05, 0) is 60.0 Å². The fraction of sp³-hybridized carbons (Fsp3) is 0.346. The van der Waals surface area contributed by atoms with Crippen molar-refractivity contribution in [1.29, 1.82) is 0 Å². The van der Waals surface area contributed by atoms with Crippen LogP contribution in [0.15, 0.2) is 66.0 Å². The van der Waals surface area contributed by atoms with E-state index < -0.39 is 10.0 Å². The lowest BCUT2D eigenvalue weighted by atomic mass is 10.0. The van der Waals surface area contributed by atoms with Gasteiger partial charge in [0.25, 0.3) is 5.91 Å². The van der Waals surface area contributed by atoms with Crippen LogP contribution in [0.4, 0.5) is 11.4 Å². The predicted molar refractivity (Wildman–Crippen MR) is 138 cm³/mol. The Balaban J connectivity index is 1.39. The summed E-state index contributed by atoms with van der Waals surface area (Å²) in [6, 6.07) is 20.2. The normalized spacial score (nSPS) is 17.0. The molecule has 0 unspecified atom stereocenters. The Hall–Kier alpha value is -2.68. The third-order valence-corrected chi connectivity index (χ3v) is 8.75. The van der Waals surface area contributed by atoms with Gasteiger partial charge in [0, 0.05) is 37.9 Å². The SMILES string of the molecule is CS(=O)(=O)N1CCc2cc(N(C(=O)c3cccs3)C3CCN(Cc4ccccc4)CC3)ccc21. The molecule has 1 saturated heterocycles. The third kappa shape index (κ3) is 4.76. The molecule has 2 aromatic carbocycles. The molecule has 34 heavy (non-hydrogen) atoms. The molecule has 0 atom stereocenters. The maximum atomic E-state index is 13.6. The number of hydrogen-bond acceptors (Lipinski definition) is 5. The quantitative estimate of drug-likeness (QED) is 0.509. The molecule has 5 rings (SSSR count). The molecule has 6 nitrogen and oxygen atoms in total. The molecule has 0 saturated carbocycles. The summed E-state index contributed by atoms with van der Waals surface area (Å²) in [5.41, 5.74) is 3.87. The van der Waals surface area contributed by atoms with Crippen molar-refractivity contribution in [3.05, 3.63) is 82.0 Å². The van der Waals surface area contributed by atoms with Crippen LogP contribution in [-0.2, 0) is 23.0 Å². The zero-order chi connectivity index (χ0) is 23.7. The summed E-state index contributed by atoms with van der Waals surface area (Å²) < 4.78 is 25.7. The lowest BCUT2D eigenvalue weighted by molar-refractivity contribution is 0.0962. The Morgan fingerprint density at radius 1 is 1.03 bits per heavy atom.